The standard InChI is InChI=1S/C21H20FN7S/c22-13-7-9-14(10-8-13)24-21-27-18(26-20(23)28-21)12-29-11-3-5-16(29)19-25-15-4-1-2-6-17(15)30-19/h1-2,4,6-10,16H,3,5,11-12H2,(H3,23,24,26,27,28). The van der Waals surface area contributed by atoms with Crippen LogP contribution in [0.25, 0.3) is 10.2 Å². The van der Waals surface area contributed by atoms with E-state index in [0.717, 1.165) is 29.9 Å². The van der Waals surface area contributed by atoms with E-state index in [4.69, 9.17) is 10.7 Å². The molecule has 1 aliphatic rings. The molecule has 152 valence electrons. The number of likely N-dealkylation sites (tertiary alicyclic amines) is 1. The molecule has 0 radical (unpaired) electrons. The van der Waals surface area contributed by atoms with Gasteiger partial charge in [-0.05, 0) is 55.8 Å². The molecule has 0 spiro atoms. The molecule has 0 amide bonds. The SMILES string of the molecule is Nc1nc(CN2CCCC2c2nc3ccccc3s2)nc(Nc2ccc(F)cc2)n1. The van der Waals surface area contributed by atoms with Crippen molar-refractivity contribution in [1.82, 2.24) is 24.8 Å². The Morgan fingerprint density at radius 3 is 2.73 bits per heavy atom. The molecule has 1 atom stereocenters. The predicted octanol–water partition coefficient (Wildman–Crippen LogP) is 4.28. The molecule has 30 heavy (non-hydrogen) atoms. The number of para-hydroxylation sites is 1. The number of benzene rings is 2. The van der Waals surface area contributed by atoms with Crippen LogP contribution in [0.15, 0.2) is 48.5 Å². The van der Waals surface area contributed by atoms with Gasteiger partial charge in [0.1, 0.15) is 16.6 Å². The maximum absolute atomic E-state index is 13.1. The highest BCUT2D eigenvalue weighted by Gasteiger charge is 2.29. The fourth-order valence-corrected chi connectivity index (χ4v) is 4.87. The third-order valence-corrected chi connectivity index (χ3v) is 6.24. The summed E-state index contributed by atoms with van der Waals surface area (Å²) >= 11 is 1.74. The lowest BCUT2D eigenvalue weighted by Gasteiger charge is -2.22. The van der Waals surface area contributed by atoms with Crippen LogP contribution in [0, 0.1) is 5.82 Å². The van der Waals surface area contributed by atoms with Crippen LogP contribution < -0.4 is 11.1 Å². The van der Waals surface area contributed by atoms with Gasteiger partial charge in [-0.15, -0.1) is 11.3 Å². The van der Waals surface area contributed by atoms with Gasteiger partial charge in [0.05, 0.1) is 22.8 Å². The molecule has 5 rings (SSSR count). The van der Waals surface area contributed by atoms with Gasteiger partial charge in [-0.1, -0.05) is 12.1 Å². The van der Waals surface area contributed by atoms with Crippen LogP contribution in [0.4, 0.5) is 22.0 Å². The lowest BCUT2D eigenvalue weighted by Crippen LogP contribution is -2.24. The van der Waals surface area contributed by atoms with E-state index in [0.29, 0.717) is 24.0 Å². The molecular weight excluding hydrogens is 401 g/mol. The summed E-state index contributed by atoms with van der Waals surface area (Å²) in [6.07, 6.45) is 2.16. The van der Waals surface area contributed by atoms with Gasteiger partial charge in [0.2, 0.25) is 11.9 Å². The number of nitrogens with zero attached hydrogens (tertiary/aromatic N) is 5. The Hall–Kier alpha value is -3.17. The number of thiazole rings is 1. The highest BCUT2D eigenvalue weighted by Crippen LogP contribution is 2.37. The number of nitrogens with two attached hydrogens (primary N) is 1. The maximum Gasteiger partial charge on any atom is 0.232 e. The fourth-order valence-electron chi connectivity index (χ4n) is 3.74. The van der Waals surface area contributed by atoms with Crippen molar-refractivity contribution in [3.05, 3.63) is 65.2 Å². The Labute approximate surface area is 176 Å². The fraction of sp³-hybridized carbons (Fsp3) is 0.238. The first kappa shape index (κ1) is 18.8. The molecule has 0 saturated carbocycles. The molecule has 9 heteroatoms. The molecular formula is C21H20FN7S. The first-order chi connectivity index (χ1) is 14.6. The molecule has 7 nitrogen and oxygen atoms in total. The van der Waals surface area contributed by atoms with Crippen LogP contribution in [0.1, 0.15) is 29.7 Å². The van der Waals surface area contributed by atoms with Crippen molar-refractivity contribution in [2.45, 2.75) is 25.4 Å². The molecule has 1 unspecified atom stereocenters. The van der Waals surface area contributed by atoms with E-state index < -0.39 is 0 Å². The van der Waals surface area contributed by atoms with Gasteiger partial charge in [-0.2, -0.15) is 15.0 Å². The Bertz CT molecular complexity index is 1140. The van der Waals surface area contributed by atoms with Gasteiger partial charge < -0.3 is 11.1 Å². The van der Waals surface area contributed by atoms with E-state index in [2.05, 4.69) is 37.3 Å². The molecule has 2 aromatic carbocycles. The molecule has 2 aromatic heterocycles. The lowest BCUT2D eigenvalue weighted by atomic mass is 10.2. The zero-order valence-corrected chi connectivity index (χ0v) is 16.9. The minimum absolute atomic E-state index is 0.153. The number of nitrogen functional groups attached to an aromatic ring is 1. The number of fused-ring (bicyclic) bond motifs is 1. The number of hydrogen-bond acceptors (Lipinski definition) is 8. The number of hydrogen-bond donors (Lipinski definition) is 2. The van der Waals surface area contributed by atoms with Crippen LogP contribution in [0.5, 0.6) is 0 Å². The number of anilines is 3. The lowest BCUT2D eigenvalue weighted by molar-refractivity contribution is 0.242. The van der Waals surface area contributed by atoms with E-state index in [1.54, 1.807) is 23.5 Å². The predicted molar refractivity (Wildman–Crippen MR) is 116 cm³/mol. The zero-order chi connectivity index (χ0) is 20.5. The third kappa shape index (κ3) is 3.94. The van der Waals surface area contributed by atoms with Crippen molar-refractivity contribution >= 4 is 39.1 Å². The van der Waals surface area contributed by atoms with Gasteiger partial charge in [0.25, 0.3) is 0 Å². The van der Waals surface area contributed by atoms with Crippen LogP contribution in [0.3, 0.4) is 0 Å². The monoisotopic (exact) mass is 421 g/mol. The average Bonchev–Trinajstić information content (AvgIpc) is 3.35. The Kier molecular flexibility index (Phi) is 4.97. The highest BCUT2D eigenvalue weighted by atomic mass is 32.1. The summed E-state index contributed by atoms with van der Waals surface area (Å²) in [6, 6.07) is 14.5. The zero-order valence-electron chi connectivity index (χ0n) is 16.1. The van der Waals surface area contributed by atoms with Crippen LogP contribution in [-0.4, -0.2) is 31.4 Å². The van der Waals surface area contributed by atoms with Gasteiger partial charge in [0, 0.05) is 5.69 Å². The summed E-state index contributed by atoms with van der Waals surface area (Å²) in [5.41, 5.74) is 7.64. The molecule has 3 N–H and O–H groups in total. The van der Waals surface area contributed by atoms with Gasteiger partial charge in [0.15, 0.2) is 0 Å². The van der Waals surface area contributed by atoms with E-state index in [9.17, 15) is 4.39 Å². The normalized spacial score (nSPS) is 16.9. The van der Waals surface area contributed by atoms with Crippen molar-refractivity contribution in [2.75, 3.05) is 17.6 Å². The van der Waals surface area contributed by atoms with Crippen molar-refractivity contribution in [1.29, 1.82) is 0 Å². The first-order valence-corrected chi connectivity index (χ1v) is 10.6. The minimum atomic E-state index is -0.300. The third-order valence-electron chi connectivity index (χ3n) is 5.10. The van der Waals surface area contributed by atoms with E-state index >= 15 is 0 Å². The largest absolute Gasteiger partial charge is 0.368 e. The quantitative estimate of drug-likeness (QED) is 0.497. The van der Waals surface area contributed by atoms with Gasteiger partial charge in [-0.25, -0.2) is 9.37 Å². The molecule has 0 bridgehead atoms. The van der Waals surface area contributed by atoms with Crippen molar-refractivity contribution < 1.29 is 4.39 Å². The summed E-state index contributed by atoms with van der Waals surface area (Å²) in [7, 11) is 0. The number of nitrogens with one attached hydrogen (secondary N) is 1. The Morgan fingerprint density at radius 1 is 1.07 bits per heavy atom. The van der Waals surface area contributed by atoms with Crippen molar-refractivity contribution in [2.24, 2.45) is 0 Å². The molecule has 3 heterocycles. The summed E-state index contributed by atoms with van der Waals surface area (Å²) in [6.45, 7) is 1.51. The molecule has 4 aromatic rings. The second kappa shape index (κ2) is 7.92. The highest BCUT2D eigenvalue weighted by molar-refractivity contribution is 7.18. The summed E-state index contributed by atoms with van der Waals surface area (Å²) in [5, 5.41) is 4.19. The van der Waals surface area contributed by atoms with Crippen LogP contribution in [-0.2, 0) is 6.54 Å². The van der Waals surface area contributed by atoms with E-state index in [1.807, 2.05) is 12.1 Å². The van der Waals surface area contributed by atoms with Crippen LogP contribution >= 0.6 is 11.3 Å². The molecule has 1 saturated heterocycles. The Balaban J connectivity index is 1.36. The first-order valence-electron chi connectivity index (χ1n) is 9.76. The van der Waals surface area contributed by atoms with Gasteiger partial charge >= 0.3 is 0 Å². The van der Waals surface area contributed by atoms with E-state index in [-0.39, 0.29) is 17.8 Å². The van der Waals surface area contributed by atoms with Crippen LogP contribution in [0.2, 0.25) is 0 Å². The second-order valence-electron chi connectivity index (χ2n) is 7.21. The number of rotatable bonds is 5. The maximum atomic E-state index is 13.1. The van der Waals surface area contributed by atoms with Crippen molar-refractivity contribution in [3.8, 4) is 0 Å². The molecule has 1 fully saturated rings. The Morgan fingerprint density at radius 2 is 1.90 bits per heavy atom. The number of halogens is 1. The second-order valence-corrected chi connectivity index (χ2v) is 8.28. The summed E-state index contributed by atoms with van der Waals surface area (Å²) < 4.78 is 14.3. The van der Waals surface area contributed by atoms with Gasteiger partial charge in [-0.3, -0.25) is 4.90 Å². The topological polar surface area (TPSA) is 92.9 Å². The molecule has 0 aliphatic carbocycles. The van der Waals surface area contributed by atoms with E-state index in [1.165, 1.54) is 16.8 Å². The summed E-state index contributed by atoms with van der Waals surface area (Å²) in [4.78, 5) is 20.2. The smallest absolute Gasteiger partial charge is 0.232 e. The van der Waals surface area contributed by atoms with Crippen molar-refractivity contribution in [3.63, 3.8) is 0 Å². The average molecular weight is 422 g/mol. The summed E-state index contributed by atoms with van der Waals surface area (Å²) in [5.74, 6) is 0.798. The molecule has 1 aliphatic heterocycles. The number of aromatic nitrogens is 4. The minimum Gasteiger partial charge on any atom is -0.368 e.